The van der Waals surface area contributed by atoms with Gasteiger partial charge in [-0.25, -0.2) is 4.98 Å². The molecule has 0 unspecified atom stereocenters. The Morgan fingerprint density at radius 2 is 2.04 bits per heavy atom. The lowest BCUT2D eigenvalue weighted by molar-refractivity contribution is 0.00820. The molecule has 0 aromatic carbocycles. The van der Waals surface area contributed by atoms with Crippen LogP contribution in [0.3, 0.4) is 0 Å². The molecule has 1 aliphatic heterocycles. The second-order valence-corrected chi connectivity index (χ2v) is 9.24. The van der Waals surface area contributed by atoms with E-state index in [1.807, 2.05) is 13.2 Å². The van der Waals surface area contributed by atoms with Crippen LogP contribution in [-0.2, 0) is 11.2 Å². The van der Waals surface area contributed by atoms with Gasteiger partial charge in [-0.3, -0.25) is 9.89 Å². The number of thiazole rings is 1. The molecule has 1 aromatic heterocycles. The van der Waals surface area contributed by atoms with Crippen LogP contribution in [0.2, 0.25) is 0 Å². The fourth-order valence-corrected chi connectivity index (χ4v) is 5.01. The Kier molecular flexibility index (Phi) is 7.91. The molecule has 0 spiro atoms. The summed E-state index contributed by atoms with van der Waals surface area (Å²) in [5.41, 5.74) is 0.361. The average Bonchev–Trinajstić information content (AvgIpc) is 3.11. The Hall–Kier alpha value is -1.18. The third-order valence-electron chi connectivity index (χ3n) is 5.73. The molecule has 152 valence electrons. The van der Waals surface area contributed by atoms with E-state index in [4.69, 9.17) is 4.74 Å². The zero-order valence-electron chi connectivity index (χ0n) is 16.9. The smallest absolute Gasteiger partial charge is 0.191 e. The number of aryl methyl sites for hydroxylation is 1. The maximum atomic E-state index is 5.53. The molecule has 0 atom stereocenters. The van der Waals surface area contributed by atoms with Gasteiger partial charge < -0.3 is 15.4 Å². The number of guanidine groups is 1. The molecule has 0 radical (unpaired) electrons. The predicted octanol–water partition coefficient (Wildman–Crippen LogP) is 2.44. The number of nitrogens with one attached hydrogen (secondary N) is 2. The van der Waals surface area contributed by atoms with Crippen molar-refractivity contribution >= 4 is 17.3 Å². The Bertz CT molecular complexity index is 591. The zero-order valence-corrected chi connectivity index (χ0v) is 17.7. The summed E-state index contributed by atoms with van der Waals surface area (Å²) in [6.45, 7) is 9.05. The van der Waals surface area contributed by atoms with Crippen molar-refractivity contribution in [1.82, 2.24) is 20.5 Å². The second kappa shape index (κ2) is 10.4. The highest BCUT2D eigenvalue weighted by molar-refractivity contribution is 7.11. The lowest BCUT2D eigenvalue weighted by atomic mass is 9.73. The predicted molar refractivity (Wildman–Crippen MR) is 113 cm³/mol. The summed E-state index contributed by atoms with van der Waals surface area (Å²) >= 11 is 1.77. The van der Waals surface area contributed by atoms with E-state index in [0.29, 0.717) is 5.41 Å². The number of hydrogen-bond donors (Lipinski definition) is 2. The van der Waals surface area contributed by atoms with E-state index in [1.54, 1.807) is 11.3 Å². The molecule has 1 aromatic rings. The molecule has 7 heteroatoms. The average molecular weight is 394 g/mol. The monoisotopic (exact) mass is 393 g/mol. The minimum absolute atomic E-state index is 0.361. The Morgan fingerprint density at radius 1 is 1.26 bits per heavy atom. The SMILES string of the molecule is CN=C(NCCc1ncc(C)s1)NCC1(CN2CCOCC2)CCCCC1. The van der Waals surface area contributed by atoms with E-state index < -0.39 is 0 Å². The molecule has 2 fully saturated rings. The summed E-state index contributed by atoms with van der Waals surface area (Å²) < 4.78 is 5.53. The Balaban J connectivity index is 1.48. The molecular formula is C20H35N5OS. The van der Waals surface area contributed by atoms with Gasteiger partial charge in [0.25, 0.3) is 0 Å². The van der Waals surface area contributed by atoms with Gasteiger partial charge in [0.2, 0.25) is 0 Å². The number of aromatic nitrogens is 1. The minimum atomic E-state index is 0.361. The summed E-state index contributed by atoms with van der Waals surface area (Å²) in [4.78, 5) is 12.7. The van der Waals surface area contributed by atoms with E-state index in [-0.39, 0.29) is 0 Å². The number of nitrogens with zero attached hydrogens (tertiary/aromatic N) is 3. The van der Waals surface area contributed by atoms with Crippen LogP contribution in [0.1, 0.15) is 42.0 Å². The van der Waals surface area contributed by atoms with Gasteiger partial charge in [-0.2, -0.15) is 0 Å². The van der Waals surface area contributed by atoms with Crippen molar-refractivity contribution in [3.63, 3.8) is 0 Å². The fourth-order valence-electron chi connectivity index (χ4n) is 4.22. The molecule has 1 saturated heterocycles. The molecule has 1 saturated carbocycles. The lowest BCUT2D eigenvalue weighted by Crippen LogP contribution is -2.51. The fraction of sp³-hybridized carbons (Fsp3) is 0.800. The molecule has 27 heavy (non-hydrogen) atoms. The molecule has 2 N–H and O–H groups in total. The van der Waals surface area contributed by atoms with Crippen LogP contribution in [0, 0.1) is 12.3 Å². The van der Waals surface area contributed by atoms with E-state index >= 15 is 0 Å². The van der Waals surface area contributed by atoms with Crippen molar-refractivity contribution in [2.45, 2.75) is 45.4 Å². The van der Waals surface area contributed by atoms with E-state index in [2.05, 4.69) is 32.4 Å². The minimum Gasteiger partial charge on any atom is -0.379 e. The zero-order chi connectivity index (χ0) is 19.0. The number of aliphatic imine (C=N–C) groups is 1. The number of hydrogen-bond acceptors (Lipinski definition) is 5. The van der Waals surface area contributed by atoms with E-state index in [0.717, 1.165) is 51.8 Å². The Morgan fingerprint density at radius 3 is 2.70 bits per heavy atom. The molecule has 2 aliphatic rings. The first kappa shape index (κ1) is 20.6. The highest BCUT2D eigenvalue weighted by atomic mass is 32.1. The van der Waals surface area contributed by atoms with Gasteiger partial charge in [-0.1, -0.05) is 19.3 Å². The highest BCUT2D eigenvalue weighted by Gasteiger charge is 2.34. The molecule has 0 bridgehead atoms. The quantitative estimate of drug-likeness (QED) is 0.550. The largest absolute Gasteiger partial charge is 0.379 e. The van der Waals surface area contributed by atoms with Gasteiger partial charge in [0.1, 0.15) is 0 Å². The van der Waals surface area contributed by atoms with Gasteiger partial charge in [-0.15, -0.1) is 11.3 Å². The Labute approximate surface area is 167 Å². The molecule has 3 rings (SSSR count). The lowest BCUT2D eigenvalue weighted by Gasteiger charge is -2.42. The van der Waals surface area contributed by atoms with Crippen molar-refractivity contribution in [2.75, 3.05) is 53.0 Å². The summed E-state index contributed by atoms with van der Waals surface area (Å²) in [5.74, 6) is 0.912. The molecule has 6 nitrogen and oxygen atoms in total. The van der Waals surface area contributed by atoms with E-state index in [9.17, 15) is 0 Å². The van der Waals surface area contributed by atoms with Crippen molar-refractivity contribution in [3.05, 3.63) is 16.1 Å². The maximum absolute atomic E-state index is 5.53. The van der Waals surface area contributed by atoms with Crippen LogP contribution in [0.5, 0.6) is 0 Å². The molecule has 0 amide bonds. The molecule has 1 aliphatic carbocycles. The van der Waals surface area contributed by atoms with Gasteiger partial charge in [-0.05, 0) is 19.8 Å². The van der Waals surface area contributed by atoms with Crippen LogP contribution < -0.4 is 10.6 Å². The molecular weight excluding hydrogens is 358 g/mol. The van der Waals surface area contributed by atoms with Gasteiger partial charge in [0, 0.05) is 62.7 Å². The van der Waals surface area contributed by atoms with Gasteiger partial charge in [0.15, 0.2) is 5.96 Å². The molecule has 2 heterocycles. The van der Waals surface area contributed by atoms with Gasteiger partial charge >= 0.3 is 0 Å². The van der Waals surface area contributed by atoms with Crippen LogP contribution in [0.4, 0.5) is 0 Å². The van der Waals surface area contributed by atoms with Gasteiger partial charge in [0.05, 0.1) is 18.2 Å². The first-order chi connectivity index (χ1) is 13.2. The van der Waals surface area contributed by atoms with Crippen LogP contribution in [0.25, 0.3) is 0 Å². The highest BCUT2D eigenvalue weighted by Crippen LogP contribution is 2.36. The third-order valence-corrected chi connectivity index (χ3v) is 6.70. The first-order valence-electron chi connectivity index (χ1n) is 10.4. The number of ether oxygens (including phenoxy) is 1. The van der Waals surface area contributed by atoms with E-state index in [1.165, 1.54) is 48.5 Å². The standard InChI is InChI=1S/C20H35N5OS/c1-17-14-23-18(27-17)6-9-22-19(21-2)24-15-20(7-4-3-5-8-20)16-25-10-12-26-13-11-25/h14H,3-13,15-16H2,1-2H3,(H2,21,22,24). The van der Waals surface area contributed by atoms with Crippen LogP contribution in [0.15, 0.2) is 11.2 Å². The summed E-state index contributed by atoms with van der Waals surface area (Å²) in [5, 5.41) is 8.27. The summed E-state index contributed by atoms with van der Waals surface area (Å²) in [6, 6.07) is 0. The second-order valence-electron chi connectivity index (χ2n) is 7.92. The normalized spacial score (nSPS) is 21.2. The van der Waals surface area contributed by atoms with Crippen LogP contribution >= 0.6 is 11.3 Å². The van der Waals surface area contributed by atoms with Crippen molar-refractivity contribution < 1.29 is 4.74 Å². The number of rotatable bonds is 7. The van der Waals surface area contributed by atoms with Crippen LogP contribution in [-0.4, -0.2) is 68.8 Å². The number of morpholine rings is 1. The summed E-state index contributed by atoms with van der Waals surface area (Å²) in [7, 11) is 1.86. The summed E-state index contributed by atoms with van der Waals surface area (Å²) in [6.07, 6.45) is 9.59. The van der Waals surface area contributed by atoms with Crippen molar-refractivity contribution in [2.24, 2.45) is 10.4 Å². The van der Waals surface area contributed by atoms with Crippen molar-refractivity contribution in [1.29, 1.82) is 0 Å². The topological polar surface area (TPSA) is 61.8 Å². The first-order valence-corrected chi connectivity index (χ1v) is 11.2. The third kappa shape index (κ3) is 6.43. The maximum Gasteiger partial charge on any atom is 0.191 e. The van der Waals surface area contributed by atoms with Crippen molar-refractivity contribution in [3.8, 4) is 0 Å².